The Hall–Kier alpha value is -1.23. The standard InChI is InChI=1S/C14H19F3N2/c1-3-19-8-10(6-9(2)18)12-7-11(14(15,16)17)4-5-13(12)19/h4-5,7,9-10H,3,6,8,18H2,1-2H3. The molecule has 5 heteroatoms. The molecule has 0 amide bonds. The van der Waals surface area contributed by atoms with Gasteiger partial charge >= 0.3 is 6.18 Å². The third kappa shape index (κ3) is 2.86. The van der Waals surface area contributed by atoms with E-state index < -0.39 is 11.7 Å². The second-order valence-corrected chi connectivity index (χ2v) is 5.22. The molecule has 1 aliphatic heterocycles. The predicted octanol–water partition coefficient (Wildman–Crippen LogP) is 3.37. The largest absolute Gasteiger partial charge is 0.416 e. The molecule has 0 radical (unpaired) electrons. The Bertz CT molecular complexity index is 454. The van der Waals surface area contributed by atoms with Crippen LogP contribution in [0, 0.1) is 0 Å². The summed E-state index contributed by atoms with van der Waals surface area (Å²) in [5.41, 5.74) is 6.93. The van der Waals surface area contributed by atoms with E-state index in [-0.39, 0.29) is 12.0 Å². The van der Waals surface area contributed by atoms with Crippen LogP contribution in [0.5, 0.6) is 0 Å². The number of benzene rings is 1. The molecule has 1 aliphatic rings. The van der Waals surface area contributed by atoms with Crippen LogP contribution in [-0.4, -0.2) is 19.1 Å². The van der Waals surface area contributed by atoms with Gasteiger partial charge in [0.25, 0.3) is 0 Å². The molecule has 2 nitrogen and oxygen atoms in total. The summed E-state index contributed by atoms with van der Waals surface area (Å²) >= 11 is 0. The van der Waals surface area contributed by atoms with Gasteiger partial charge in [-0.05, 0) is 44.0 Å². The van der Waals surface area contributed by atoms with Crippen LogP contribution in [0.15, 0.2) is 18.2 Å². The van der Waals surface area contributed by atoms with E-state index in [2.05, 4.69) is 4.90 Å². The number of nitrogens with two attached hydrogens (primary N) is 1. The van der Waals surface area contributed by atoms with Crippen LogP contribution in [0.3, 0.4) is 0 Å². The fourth-order valence-corrected chi connectivity index (χ4v) is 2.76. The lowest BCUT2D eigenvalue weighted by Gasteiger charge is -2.17. The fraction of sp³-hybridized carbons (Fsp3) is 0.571. The van der Waals surface area contributed by atoms with Gasteiger partial charge < -0.3 is 10.6 Å². The van der Waals surface area contributed by atoms with Crippen molar-refractivity contribution in [2.45, 2.75) is 38.4 Å². The number of anilines is 1. The number of rotatable bonds is 3. The Morgan fingerprint density at radius 3 is 2.63 bits per heavy atom. The minimum absolute atomic E-state index is 0.0100. The normalized spacial score (nSPS) is 20.5. The smallest absolute Gasteiger partial charge is 0.371 e. The van der Waals surface area contributed by atoms with Crippen molar-refractivity contribution in [2.24, 2.45) is 5.73 Å². The number of hydrogen-bond donors (Lipinski definition) is 1. The summed E-state index contributed by atoms with van der Waals surface area (Å²) in [4.78, 5) is 2.11. The minimum atomic E-state index is -4.28. The molecule has 2 rings (SSSR count). The van der Waals surface area contributed by atoms with Gasteiger partial charge in [-0.2, -0.15) is 13.2 Å². The number of halogens is 3. The topological polar surface area (TPSA) is 29.3 Å². The SMILES string of the molecule is CCN1CC(CC(C)N)c2cc(C(F)(F)F)ccc21. The van der Waals surface area contributed by atoms with Gasteiger partial charge in [0.2, 0.25) is 0 Å². The quantitative estimate of drug-likeness (QED) is 0.914. The molecule has 2 N–H and O–H groups in total. The van der Waals surface area contributed by atoms with E-state index in [1.165, 1.54) is 6.07 Å². The average molecular weight is 272 g/mol. The van der Waals surface area contributed by atoms with Gasteiger partial charge in [-0.1, -0.05) is 0 Å². The van der Waals surface area contributed by atoms with Crippen LogP contribution in [0.2, 0.25) is 0 Å². The first-order chi connectivity index (χ1) is 8.82. The molecule has 0 saturated heterocycles. The van der Waals surface area contributed by atoms with E-state index in [4.69, 9.17) is 5.73 Å². The molecule has 2 atom stereocenters. The summed E-state index contributed by atoms with van der Waals surface area (Å²) in [6.07, 6.45) is -3.57. The lowest BCUT2D eigenvalue weighted by atomic mass is 9.93. The van der Waals surface area contributed by atoms with Gasteiger partial charge in [0, 0.05) is 30.7 Å². The van der Waals surface area contributed by atoms with Gasteiger partial charge in [-0.15, -0.1) is 0 Å². The number of alkyl halides is 3. The van der Waals surface area contributed by atoms with Gasteiger partial charge in [0.15, 0.2) is 0 Å². The van der Waals surface area contributed by atoms with Crippen molar-refractivity contribution in [3.05, 3.63) is 29.3 Å². The second-order valence-electron chi connectivity index (χ2n) is 5.22. The molecule has 0 spiro atoms. The summed E-state index contributed by atoms with van der Waals surface area (Å²) in [7, 11) is 0. The first-order valence-corrected chi connectivity index (χ1v) is 6.54. The van der Waals surface area contributed by atoms with Crippen molar-refractivity contribution >= 4 is 5.69 Å². The first-order valence-electron chi connectivity index (χ1n) is 6.54. The Balaban J connectivity index is 2.39. The summed E-state index contributed by atoms with van der Waals surface area (Å²) in [5, 5.41) is 0. The predicted molar refractivity (Wildman–Crippen MR) is 70.3 cm³/mol. The highest BCUT2D eigenvalue weighted by atomic mass is 19.4. The lowest BCUT2D eigenvalue weighted by molar-refractivity contribution is -0.137. The van der Waals surface area contributed by atoms with E-state index in [0.29, 0.717) is 6.42 Å². The third-order valence-corrected chi connectivity index (χ3v) is 3.61. The van der Waals surface area contributed by atoms with Gasteiger partial charge in [-0.3, -0.25) is 0 Å². The molecule has 0 fully saturated rings. The maximum absolute atomic E-state index is 12.8. The molecule has 0 saturated carbocycles. The molecule has 106 valence electrons. The molecular weight excluding hydrogens is 253 g/mol. The molecule has 0 bridgehead atoms. The van der Waals surface area contributed by atoms with Crippen LogP contribution in [0.1, 0.15) is 37.3 Å². The average Bonchev–Trinajstić information content (AvgIpc) is 2.65. The first kappa shape index (κ1) is 14.2. The zero-order valence-electron chi connectivity index (χ0n) is 11.2. The monoisotopic (exact) mass is 272 g/mol. The van der Waals surface area contributed by atoms with E-state index in [0.717, 1.165) is 30.4 Å². The van der Waals surface area contributed by atoms with Gasteiger partial charge in [0.05, 0.1) is 5.56 Å². The number of likely N-dealkylation sites (N-methyl/N-ethyl adjacent to an activating group) is 1. The zero-order valence-corrected chi connectivity index (χ0v) is 11.2. The highest BCUT2D eigenvalue weighted by molar-refractivity contribution is 5.61. The highest BCUT2D eigenvalue weighted by Gasteiger charge is 2.35. The summed E-state index contributed by atoms with van der Waals surface area (Å²) < 4.78 is 38.4. The van der Waals surface area contributed by atoms with Crippen molar-refractivity contribution in [3.8, 4) is 0 Å². The molecule has 1 aromatic rings. The highest BCUT2D eigenvalue weighted by Crippen LogP contribution is 2.41. The van der Waals surface area contributed by atoms with Gasteiger partial charge in [-0.25, -0.2) is 0 Å². The van der Waals surface area contributed by atoms with Crippen LogP contribution in [0.25, 0.3) is 0 Å². The molecule has 0 aromatic heterocycles. The Morgan fingerprint density at radius 2 is 2.11 bits per heavy atom. The van der Waals surface area contributed by atoms with Crippen molar-refractivity contribution in [3.63, 3.8) is 0 Å². The molecular formula is C14H19F3N2. The van der Waals surface area contributed by atoms with Crippen molar-refractivity contribution in [2.75, 3.05) is 18.0 Å². The molecule has 1 heterocycles. The zero-order chi connectivity index (χ0) is 14.2. The molecule has 1 aromatic carbocycles. The molecule has 0 aliphatic carbocycles. The molecule has 19 heavy (non-hydrogen) atoms. The number of nitrogens with zero attached hydrogens (tertiary/aromatic N) is 1. The third-order valence-electron chi connectivity index (χ3n) is 3.61. The second kappa shape index (κ2) is 5.04. The van der Waals surface area contributed by atoms with Crippen LogP contribution >= 0.6 is 0 Å². The number of hydrogen-bond acceptors (Lipinski definition) is 2. The van der Waals surface area contributed by atoms with E-state index >= 15 is 0 Å². The fourth-order valence-electron chi connectivity index (χ4n) is 2.76. The van der Waals surface area contributed by atoms with Crippen molar-refractivity contribution < 1.29 is 13.2 Å². The van der Waals surface area contributed by atoms with Crippen molar-refractivity contribution in [1.82, 2.24) is 0 Å². The Morgan fingerprint density at radius 1 is 1.42 bits per heavy atom. The van der Waals surface area contributed by atoms with E-state index in [9.17, 15) is 13.2 Å². The molecule has 2 unspecified atom stereocenters. The maximum atomic E-state index is 12.8. The number of fused-ring (bicyclic) bond motifs is 1. The van der Waals surface area contributed by atoms with Crippen LogP contribution < -0.4 is 10.6 Å². The summed E-state index contributed by atoms with van der Waals surface area (Å²) in [6, 6.07) is 4.03. The Kier molecular flexibility index (Phi) is 3.76. The Labute approximate surface area is 111 Å². The summed E-state index contributed by atoms with van der Waals surface area (Å²) in [5.74, 6) is 0.0947. The minimum Gasteiger partial charge on any atom is -0.371 e. The lowest BCUT2D eigenvalue weighted by Crippen LogP contribution is -2.24. The van der Waals surface area contributed by atoms with Crippen LogP contribution in [-0.2, 0) is 6.18 Å². The van der Waals surface area contributed by atoms with Crippen molar-refractivity contribution in [1.29, 1.82) is 0 Å². The van der Waals surface area contributed by atoms with E-state index in [1.807, 2.05) is 13.8 Å². The van der Waals surface area contributed by atoms with E-state index in [1.54, 1.807) is 6.07 Å². The maximum Gasteiger partial charge on any atom is 0.416 e. The van der Waals surface area contributed by atoms with Gasteiger partial charge in [0.1, 0.15) is 0 Å². The summed E-state index contributed by atoms with van der Waals surface area (Å²) in [6.45, 7) is 5.46. The van der Waals surface area contributed by atoms with Crippen LogP contribution in [0.4, 0.5) is 18.9 Å².